The van der Waals surface area contributed by atoms with E-state index in [9.17, 15) is 0 Å². The predicted molar refractivity (Wildman–Crippen MR) is 109 cm³/mol. The Morgan fingerprint density at radius 1 is 1.38 bits per heavy atom. The average Bonchev–Trinajstić information content (AvgIpc) is 2.95. The summed E-state index contributed by atoms with van der Waals surface area (Å²) >= 11 is 6.09. The number of rotatable bonds is 7. The number of nitrogens with zero attached hydrogens (tertiary/aromatic N) is 3. The number of benzene rings is 1. The van der Waals surface area contributed by atoms with Gasteiger partial charge in [-0.15, -0.1) is 0 Å². The van der Waals surface area contributed by atoms with Crippen molar-refractivity contribution in [2.75, 3.05) is 27.2 Å². The van der Waals surface area contributed by atoms with Crippen molar-refractivity contribution in [3.05, 3.63) is 52.8 Å². The maximum absolute atomic E-state index is 6.09. The van der Waals surface area contributed by atoms with Gasteiger partial charge in [-0.1, -0.05) is 36.7 Å². The molecule has 2 aromatic rings. The third-order valence-electron chi connectivity index (χ3n) is 4.35. The summed E-state index contributed by atoms with van der Waals surface area (Å²) in [6, 6.07) is 10.1. The Morgan fingerprint density at radius 3 is 2.73 bits per heavy atom. The topological polar surface area (TPSA) is 41.8 Å². The molecule has 6 heteroatoms. The number of aryl methyl sites for hydroxylation is 1. The molecule has 142 valence electrons. The first-order chi connectivity index (χ1) is 12.5. The van der Waals surface area contributed by atoms with Crippen LogP contribution in [0, 0.1) is 0 Å². The van der Waals surface area contributed by atoms with Crippen molar-refractivity contribution in [3.8, 4) is 5.75 Å². The second-order valence-electron chi connectivity index (χ2n) is 6.45. The van der Waals surface area contributed by atoms with Crippen molar-refractivity contribution in [2.24, 2.45) is 12.0 Å². The molecular formula is C20H29ClN4O. The minimum absolute atomic E-state index is 0.262. The number of methoxy groups -OCH3 is 1. The summed E-state index contributed by atoms with van der Waals surface area (Å²) in [5.74, 6) is 2.05. The standard InChI is InChI=1S/C20H29ClN4O/c1-6-22-20(25(4)14-17-11-16(21)13-24(17)3)23-12-15(2)18-9-7-8-10-19(18)26-5/h7-11,13,15H,6,12,14H2,1-5H3,(H,22,23). The van der Waals surface area contributed by atoms with Gasteiger partial charge in [0.15, 0.2) is 5.96 Å². The van der Waals surface area contributed by atoms with Gasteiger partial charge in [-0.05, 0) is 24.6 Å². The van der Waals surface area contributed by atoms with Crippen LogP contribution in [0.25, 0.3) is 0 Å². The highest BCUT2D eigenvalue weighted by Gasteiger charge is 2.13. The fourth-order valence-electron chi connectivity index (χ4n) is 2.91. The van der Waals surface area contributed by atoms with Gasteiger partial charge in [0, 0.05) is 45.0 Å². The van der Waals surface area contributed by atoms with E-state index in [0.717, 1.165) is 35.5 Å². The molecule has 0 amide bonds. The third-order valence-corrected chi connectivity index (χ3v) is 4.56. The minimum Gasteiger partial charge on any atom is -0.496 e. The first-order valence-corrected chi connectivity index (χ1v) is 9.27. The van der Waals surface area contributed by atoms with Crippen molar-refractivity contribution < 1.29 is 4.74 Å². The fraction of sp³-hybridized carbons (Fsp3) is 0.450. The number of ether oxygens (including phenoxy) is 1. The van der Waals surface area contributed by atoms with E-state index in [2.05, 4.69) is 30.1 Å². The lowest BCUT2D eigenvalue weighted by molar-refractivity contribution is 0.406. The molecule has 2 rings (SSSR count). The molecule has 1 unspecified atom stereocenters. The Balaban J connectivity index is 2.11. The smallest absolute Gasteiger partial charge is 0.194 e. The molecule has 1 N–H and O–H groups in total. The number of para-hydroxylation sites is 1. The molecule has 0 saturated carbocycles. The van der Waals surface area contributed by atoms with E-state index in [4.69, 9.17) is 21.3 Å². The van der Waals surface area contributed by atoms with E-state index in [1.165, 1.54) is 5.56 Å². The lowest BCUT2D eigenvalue weighted by atomic mass is 10.0. The highest BCUT2D eigenvalue weighted by molar-refractivity contribution is 6.30. The monoisotopic (exact) mass is 376 g/mol. The summed E-state index contributed by atoms with van der Waals surface area (Å²) in [5.41, 5.74) is 2.31. The zero-order valence-corrected chi connectivity index (χ0v) is 17.0. The summed E-state index contributed by atoms with van der Waals surface area (Å²) in [7, 11) is 5.75. The Morgan fingerprint density at radius 2 is 2.12 bits per heavy atom. The molecule has 1 aromatic carbocycles. The van der Waals surface area contributed by atoms with Crippen LogP contribution in [0.5, 0.6) is 5.75 Å². The number of aromatic nitrogens is 1. The first-order valence-electron chi connectivity index (χ1n) is 8.89. The maximum atomic E-state index is 6.09. The lowest BCUT2D eigenvalue weighted by Crippen LogP contribution is -2.39. The molecule has 0 aliphatic heterocycles. The zero-order chi connectivity index (χ0) is 19.1. The normalized spacial score (nSPS) is 12.8. The molecule has 26 heavy (non-hydrogen) atoms. The summed E-state index contributed by atoms with van der Waals surface area (Å²) < 4.78 is 7.51. The number of aliphatic imine (C=N–C) groups is 1. The molecule has 1 aromatic heterocycles. The second-order valence-corrected chi connectivity index (χ2v) is 6.89. The average molecular weight is 377 g/mol. The van der Waals surface area contributed by atoms with Gasteiger partial charge < -0.3 is 19.5 Å². The van der Waals surface area contributed by atoms with E-state index in [1.54, 1.807) is 7.11 Å². The van der Waals surface area contributed by atoms with Gasteiger partial charge in [0.2, 0.25) is 0 Å². The largest absolute Gasteiger partial charge is 0.496 e. The van der Waals surface area contributed by atoms with Crippen molar-refractivity contribution >= 4 is 17.6 Å². The van der Waals surface area contributed by atoms with E-state index in [0.29, 0.717) is 6.54 Å². The van der Waals surface area contributed by atoms with E-state index >= 15 is 0 Å². The highest BCUT2D eigenvalue weighted by Crippen LogP contribution is 2.26. The molecule has 0 saturated heterocycles. The van der Waals surface area contributed by atoms with E-state index in [-0.39, 0.29) is 5.92 Å². The molecule has 1 heterocycles. The van der Waals surface area contributed by atoms with Gasteiger partial charge in [0.25, 0.3) is 0 Å². The molecular weight excluding hydrogens is 348 g/mol. The molecule has 0 fully saturated rings. The number of nitrogens with one attached hydrogen (secondary N) is 1. The Kier molecular flexibility index (Phi) is 7.39. The van der Waals surface area contributed by atoms with Gasteiger partial charge in [-0.3, -0.25) is 4.99 Å². The fourth-order valence-corrected chi connectivity index (χ4v) is 3.18. The van der Waals surface area contributed by atoms with Crippen LogP contribution >= 0.6 is 11.6 Å². The Bertz CT molecular complexity index is 741. The molecule has 1 atom stereocenters. The highest BCUT2D eigenvalue weighted by atomic mass is 35.5. The van der Waals surface area contributed by atoms with Crippen LogP contribution in [0.3, 0.4) is 0 Å². The maximum Gasteiger partial charge on any atom is 0.194 e. The van der Waals surface area contributed by atoms with E-state index in [1.807, 2.05) is 49.1 Å². The minimum atomic E-state index is 0.262. The van der Waals surface area contributed by atoms with Crippen molar-refractivity contribution in [1.29, 1.82) is 0 Å². The Hall–Kier alpha value is -2.14. The predicted octanol–water partition coefficient (Wildman–Crippen LogP) is 3.89. The van der Waals surface area contributed by atoms with Gasteiger partial charge in [-0.25, -0.2) is 0 Å². The summed E-state index contributed by atoms with van der Waals surface area (Å²) in [4.78, 5) is 6.95. The van der Waals surface area contributed by atoms with E-state index < -0.39 is 0 Å². The quantitative estimate of drug-likeness (QED) is 0.588. The number of hydrogen-bond acceptors (Lipinski definition) is 2. The second kappa shape index (κ2) is 9.53. The summed E-state index contributed by atoms with van der Waals surface area (Å²) in [6.45, 7) is 6.48. The third kappa shape index (κ3) is 5.18. The van der Waals surface area contributed by atoms with Crippen LogP contribution in [-0.4, -0.2) is 42.7 Å². The molecule has 0 bridgehead atoms. The molecule has 5 nitrogen and oxygen atoms in total. The van der Waals surface area contributed by atoms with Crippen molar-refractivity contribution in [2.45, 2.75) is 26.3 Å². The zero-order valence-electron chi connectivity index (χ0n) is 16.3. The van der Waals surface area contributed by atoms with Crippen molar-refractivity contribution in [1.82, 2.24) is 14.8 Å². The number of halogens is 1. The SMILES string of the molecule is CCNC(=NCC(C)c1ccccc1OC)N(C)Cc1cc(Cl)cn1C. The van der Waals surface area contributed by atoms with Gasteiger partial charge in [-0.2, -0.15) is 0 Å². The van der Waals surface area contributed by atoms with Crippen molar-refractivity contribution in [3.63, 3.8) is 0 Å². The summed E-state index contributed by atoms with van der Waals surface area (Å²) in [6.07, 6.45) is 1.92. The van der Waals surface area contributed by atoms with Crippen LogP contribution in [-0.2, 0) is 13.6 Å². The van der Waals surface area contributed by atoms with Crippen LogP contribution < -0.4 is 10.1 Å². The van der Waals surface area contributed by atoms with Crippen LogP contribution in [0.15, 0.2) is 41.5 Å². The molecule has 0 aliphatic rings. The molecule has 0 radical (unpaired) electrons. The van der Waals surface area contributed by atoms with Gasteiger partial charge >= 0.3 is 0 Å². The molecule has 0 aliphatic carbocycles. The Labute approximate surface area is 161 Å². The molecule has 0 spiro atoms. The first kappa shape index (κ1) is 20.2. The van der Waals surface area contributed by atoms with Crippen LogP contribution in [0.1, 0.15) is 31.0 Å². The van der Waals surface area contributed by atoms with Gasteiger partial charge in [0.05, 0.1) is 18.7 Å². The van der Waals surface area contributed by atoms with Crippen LogP contribution in [0.4, 0.5) is 0 Å². The number of guanidine groups is 1. The summed E-state index contributed by atoms with van der Waals surface area (Å²) in [5, 5.41) is 4.12. The van der Waals surface area contributed by atoms with Gasteiger partial charge in [0.1, 0.15) is 5.75 Å². The van der Waals surface area contributed by atoms with Crippen LogP contribution in [0.2, 0.25) is 5.02 Å². The number of hydrogen-bond donors (Lipinski definition) is 1. The lowest BCUT2D eigenvalue weighted by Gasteiger charge is -2.23.